The molecule has 1 rings (SSSR count). The number of alkyl halides is 3. The minimum absolute atomic E-state index is 0.0953. The van der Waals surface area contributed by atoms with Crippen LogP contribution in [0, 0.1) is 17.8 Å². The second-order valence-corrected chi connectivity index (χ2v) is 5.03. The molecule has 1 aromatic carbocycles. The maximum absolute atomic E-state index is 12.9. The maximum atomic E-state index is 12.9. The third-order valence-corrected chi connectivity index (χ3v) is 3.13. The van der Waals surface area contributed by atoms with E-state index in [0.717, 1.165) is 12.0 Å². The molecule has 0 saturated carbocycles. The molecule has 0 spiro atoms. The first-order valence-corrected chi connectivity index (χ1v) is 7.30. The van der Waals surface area contributed by atoms with Gasteiger partial charge in [-0.3, -0.25) is 0 Å². The SMILES string of the molecule is CCCC[C@H](O)[C@@H](C#CCOCc1ccccc1)C(F)(F)F. The van der Waals surface area contributed by atoms with Gasteiger partial charge >= 0.3 is 6.18 Å². The summed E-state index contributed by atoms with van der Waals surface area (Å²) >= 11 is 0. The summed E-state index contributed by atoms with van der Waals surface area (Å²) < 4.78 is 43.8. The summed E-state index contributed by atoms with van der Waals surface area (Å²) in [5.74, 6) is 2.46. The Bertz CT molecular complexity index is 474. The van der Waals surface area contributed by atoms with Crippen LogP contribution in [0.1, 0.15) is 31.7 Å². The van der Waals surface area contributed by atoms with E-state index in [9.17, 15) is 18.3 Å². The zero-order valence-electron chi connectivity index (χ0n) is 12.6. The quantitative estimate of drug-likeness (QED) is 0.610. The number of unbranched alkanes of at least 4 members (excludes halogenated alkanes) is 1. The highest BCUT2D eigenvalue weighted by molar-refractivity contribution is 5.14. The first-order chi connectivity index (χ1) is 10.4. The molecule has 0 saturated heterocycles. The lowest BCUT2D eigenvalue weighted by atomic mass is 9.98. The lowest BCUT2D eigenvalue weighted by Gasteiger charge is -2.20. The zero-order chi connectivity index (χ0) is 16.4. The average molecular weight is 314 g/mol. The van der Waals surface area contributed by atoms with Gasteiger partial charge in [0.05, 0.1) is 12.7 Å². The van der Waals surface area contributed by atoms with Crippen LogP contribution in [0.4, 0.5) is 13.2 Å². The van der Waals surface area contributed by atoms with Crippen molar-refractivity contribution in [2.24, 2.45) is 5.92 Å². The standard InChI is InChI=1S/C17H21F3O2/c1-2-3-11-16(21)15(17(18,19)20)10-7-12-22-13-14-8-5-4-6-9-14/h4-6,8-9,15-16,21H,2-3,11-13H2,1H3/t15-,16+/m1/s1. The monoisotopic (exact) mass is 314 g/mol. The summed E-state index contributed by atoms with van der Waals surface area (Å²) in [4.78, 5) is 0. The van der Waals surface area contributed by atoms with Gasteiger partial charge in [-0.2, -0.15) is 13.2 Å². The number of hydrogen-bond acceptors (Lipinski definition) is 2. The van der Waals surface area contributed by atoms with Crippen molar-refractivity contribution in [1.29, 1.82) is 0 Å². The Balaban J connectivity index is 2.49. The van der Waals surface area contributed by atoms with Gasteiger partial charge in [-0.05, 0) is 12.0 Å². The number of benzene rings is 1. The molecule has 0 fully saturated rings. The second kappa shape index (κ2) is 9.50. The van der Waals surface area contributed by atoms with Gasteiger partial charge < -0.3 is 9.84 Å². The lowest BCUT2D eigenvalue weighted by molar-refractivity contribution is -0.182. The number of halogens is 3. The van der Waals surface area contributed by atoms with E-state index in [1.807, 2.05) is 37.3 Å². The lowest BCUT2D eigenvalue weighted by Crippen LogP contribution is -2.33. The summed E-state index contributed by atoms with van der Waals surface area (Å²) in [7, 11) is 0. The highest BCUT2D eigenvalue weighted by Gasteiger charge is 2.42. The van der Waals surface area contributed by atoms with Gasteiger partial charge in [-0.15, -0.1) is 0 Å². The van der Waals surface area contributed by atoms with Crippen LogP contribution in [0.25, 0.3) is 0 Å². The number of aliphatic hydroxyl groups excluding tert-OH is 1. The molecule has 0 heterocycles. The molecule has 0 aliphatic heterocycles. The van der Waals surface area contributed by atoms with Gasteiger partial charge in [-0.25, -0.2) is 0 Å². The smallest absolute Gasteiger partial charge is 0.391 e. The molecular weight excluding hydrogens is 293 g/mol. The molecule has 1 aromatic rings. The van der Waals surface area contributed by atoms with E-state index in [-0.39, 0.29) is 13.0 Å². The van der Waals surface area contributed by atoms with E-state index in [1.165, 1.54) is 0 Å². The fourth-order valence-electron chi connectivity index (χ4n) is 1.92. The second-order valence-electron chi connectivity index (χ2n) is 5.03. The Hall–Kier alpha value is -1.51. The number of aliphatic hydroxyl groups is 1. The van der Waals surface area contributed by atoms with Crippen LogP contribution < -0.4 is 0 Å². The van der Waals surface area contributed by atoms with E-state index < -0.39 is 18.2 Å². The van der Waals surface area contributed by atoms with Crippen LogP contribution in [-0.4, -0.2) is 24.0 Å². The van der Waals surface area contributed by atoms with Crippen molar-refractivity contribution in [3.05, 3.63) is 35.9 Å². The van der Waals surface area contributed by atoms with Gasteiger partial charge in [0, 0.05) is 0 Å². The number of hydrogen-bond donors (Lipinski definition) is 1. The van der Waals surface area contributed by atoms with Crippen LogP contribution in [0.15, 0.2) is 30.3 Å². The molecule has 2 nitrogen and oxygen atoms in total. The summed E-state index contributed by atoms with van der Waals surface area (Å²) in [5, 5.41) is 9.65. The zero-order valence-corrected chi connectivity index (χ0v) is 12.6. The van der Waals surface area contributed by atoms with E-state index in [0.29, 0.717) is 13.0 Å². The molecular formula is C17H21F3O2. The van der Waals surface area contributed by atoms with Crippen molar-refractivity contribution in [3.63, 3.8) is 0 Å². The molecule has 0 radical (unpaired) electrons. The van der Waals surface area contributed by atoms with Crippen LogP contribution in [0.2, 0.25) is 0 Å². The third-order valence-electron chi connectivity index (χ3n) is 3.13. The minimum atomic E-state index is -4.53. The average Bonchev–Trinajstić information content (AvgIpc) is 2.48. The van der Waals surface area contributed by atoms with Gasteiger partial charge in [0.25, 0.3) is 0 Å². The predicted molar refractivity (Wildman–Crippen MR) is 79.0 cm³/mol. The summed E-state index contributed by atoms with van der Waals surface area (Å²) in [6, 6.07) is 9.30. The molecule has 0 amide bonds. The van der Waals surface area contributed by atoms with Crippen molar-refractivity contribution in [3.8, 4) is 11.8 Å². The molecule has 2 atom stereocenters. The molecule has 0 aromatic heterocycles. The molecule has 5 heteroatoms. The maximum Gasteiger partial charge on any atom is 0.404 e. The van der Waals surface area contributed by atoms with E-state index >= 15 is 0 Å². The summed E-state index contributed by atoms with van der Waals surface area (Å²) in [6.07, 6.45) is -4.64. The highest BCUT2D eigenvalue weighted by atomic mass is 19.4. The first kappa shape index (κ1) is 18.5. The van der Waals surface area contributed by atoms with Crippen molar-refractivity contribution >= 4 is 0 Å². The topological polar surface area (TPSA) is 29.5 Å². The normalized spacial score (nSPS) is 14.0. The molecule has 22 heavy (non-hydrogen) atoms. The highest BCUT2D eigenvalue weighted by Crippen LogP contribution is 2.30. The van der Waals surface area contributed by atoms with Crippen LogP contribution in [0.5, 0.6) is 0 Å². The largest absolute Gasteiger partial charge is 0.404 e. The van der Waals surface area contributed by atoms with Gasteiger partial charge in [0.1, 0.15) is 12.5 Å². The van der Waals surface area contributed by atoms with Crippen LogP contribution in [0.3, 0.4) is 0 Å². The van der Waals surface area contributed by atoms with Gasteiger partial charge in [0.15, 0.2) is 0 Å². The fourth-order valence-corrected chi connectivity index (χ4v) is 1.92. The number of rotatable bonds is 7. The first-order valence-electron chi connectivity index (χ1n) is 7.30. The van der Waals surface area contributed by atoms with E-state index in [4.69, 9.17) is 4.74 Å². The van der Waals surface area contributed by atoms with Crippen LogP contribution >= 0.6 is 0 Å². The van der Waals surface area contributed by atoms with Crippen molar-refractivity contribution in [2.45, 2.75) is 45.1 Å². The number of ether oxygens (including phenoxy) is 1. The molecule has 0 aliphatic carbocycles. The molecule has 122 valence electrons. The summed E-state index contributed by atoms with van der Waals surface area (Å²) in [5.41, 5.74) is 0.930. The Morgan fingerprint density at radius 1 is 1.23 bits per heavy atom. The molecule has 1 N–H and O–H groups in total. The summed E-state index contributed by atoms with van der Waals surface area (Å²) in [6.45, 7) is 2.06. The van der Waals surface area contributed by atoms with Crippen molar-refractivity contribution in [2.75, 3.05) is 6.61 Å². The predicted octanol–water partition coefficient (Wildman–Crippen LogP) is 3.94. The Morgan fingerprint density at radius 2 is 1.91 bits per heavy atom. The Morgan fingerprint density at radius 3 is 2.50 bits per heavy atom. The van der Waals surface area contributed by atoms with Crippen LogP contribution in [-0.2, 0) is 11.3 Å². The van der Waals surface area contributed by atoms with E-state index in [2.05, 4.69) is 11.8 Å². The molecule has 0 aliphatic rings. The van der Waals surface area contributed by atoms with Gasteiger partial charge in [-0.1, -0.05) is 61.9 Å². The Kier molecular flexibility index (Phi) is 8.00. The molecule has 0 bridgehead atoms. The van der Waals surface area contributed by atoms with Gasteiger partial charge in [0.2, 0.25) is 0 Å². The molecule has 0 unspecified atom stereocenters. The van der Waals surface area contributed by atoms with Crippen molar-refractivity contribution < 1.29 is 23.0 Å². The van der Waals surface area contributed by atoms with Crippen molar-refractivity contribution in [1.82, 2.24) is 0 Å². The van der Waals surface area contributed by atoms with E-state index in [1.54, 1.807) is 0 Å². The third kappa shape index (κ3) is 6.97. The Labute approximate surface area is 129 Å². The minimum Gasteiger partial charge on any atom is -0.391 e. The fraction of sp³-hybridized carbons (Fsp3) is 0.529.